The lowest BCUT2D eigenvalue weighted by atomic mass is 10.1. The third-order valence-electron chi connectivity index (χ3n) is 5.28. The summed E-state index contributed by atoms with van der Waals surface area (Å²) in [5.41, 5.74) is 6.97. The van der Waals surface area contributed by atoms with Gasteiger partial charge in [0.15, 0.2) is 0 Å². The number of alkyl carbamates (subject to hydrolysis) is 1. The number of carbonyl (C=O) groups is 3. The van der Waals surface area contributed by atoms with Gasteiger partial charge in [-0.3, -0.25) is 9.59 Å². The summed E-state index contributed by atoms with van der Waals surface area (Å²) in [5.74, 6) is -1.15. The molecule has 0 fully saturated rings. The molecule has 0 aromatic heterocycles. The molecule has 1 unspecified atom stereocenters. The van der Waals surface area contributed by atoms with E-state index < -0.39 is 28.1 Å². The highest BCUT2D eigenvalue weighted by Gasteiger charge is 2.27. The zero-order valence-corrected chi connectivity index (χ0v) is 22.2. The molecule has 6 N–H and O–H groups in total. The van der Waals surface area contributed by atoms with Crippen molar-refractivity contribution in [1.82, 2.24) is 15.4 Å². The minimum absolute atomic E-state index is 0.0403. The Morgan fingerprint density at radius 1 is 1.03 bits per heavy atom. The van der Waals surface area contributed by atoms with E-state index in [0.717, 1.165) is 5.56 Å². The number of aliphatic carboxylic acids is 1. The molecule has 1 atom stereocenters. The quantitative estimate of drug-likeness (QED) is 0.203. The summed E-state index contributed by atoms with van der Waals surface area (Å²) in [6, 6.07) is 10.9. The Bertz CT molecular complexity index is 1180. The van der Waals surface area contributed by atoms with Crippen molar-refractivity contribution in [3.8, 4) is 5.75 Å². The molecule has 12 nitrogen and oxygen atoms in total. The van der Waals surface area contributed by atoms with Gasteiger partial charge in [0.2, 0.25) is 15.9 Å². The lowest BCUT2D eigenvalue weighted by molar-refractivity contribution is -0.138. The number of carboxylic acids is 1. The highest BCUT2D eigenvalue weighted by molar-refractivity contribution is 7.89. The van der Waals surface area contributed by atoms with E-state index in [2.05, 4.69) is 15.4 Å². The van der Waals surface area contributed by atoms with Crippen molar-refractivity contribution in [1.29, 1.82) is 0 Å². The molecule has 2 rings (SSSR count). The Morgan fingerprint density at radius 3 is 2.26 bits per heavy atom. The van der Waals surface area contributed by atoms with Crippen LogP contribution in [0.2, 0.25) is 0 Å². The van der Waals surface area contributed by atoms with E-state index in [0.29, 0.717) is 23.3 Å². The molecule has 2 aromatic rings. The van der Waals surface area contributed by atoms with Crippen molar-refractivity contribution in [2.24, 2.45) is 5.73 Å². The zero-order valence-electron chi connectivity index (χ0n) is 21.4. The normalized spacial score (nSPS) is 11.9. The number of rotatable bonds is 15. The first-order chi connectivity index (χ1) is 18.0. The van der Waals surface area contributed by atoms with E-state index >= 15 is 0 Å². The fourth-order valence-electron chi connectivity index (χ4n) is 3.52. The van der Waals surface area contributed by atoms with Gasteiger partial charge in [-0.1, -0.05) is 30.3 Å². The number of hydrogen-bond acceptors (Lipinski definition) is 8. The molecular formula is C25H34N4O8S. The molecule has 0 aliphatic carbocycles. The number of benzene rings is 2. The smallest absolute Gasteiger partial charge is 0.407 e. The van der Waals surface area contributed by atoms with E-state index in [1.165, 1.54) is 12.1 Å². The van der Waals surface area contributed by atoms with Gasteiger partial charge >= 0.3 is 12.1 Å². The summed E-state index contributed by atoms with van der Waals surface area (Å²) < 4.78 is 38.2. The van der Waals surface area contributed by atoms with Crippen LogP contribution < -0.4 is 25.8 Å². The number of sulfonamides is 1. The van der Waals surface area contributed by atoms with Crippen LogP contribution in [-0.2, 0) is 31.0 Å². The van der Waals surface area contributed by atoms with E-state index in [1.807, 2.05) is 30.3 Å². The van der Waals surface area contributed by atoms with Crippen LogP contribution in [-0.4, -0.2) is 63.8 Å². The van der Waals surface area contributed by atoms with Gasteiger partial charge in [-0.15, -0.1) is 0 Å². The number of aryl methyl sites for hydroxylation is 2. The second-order valence-electron chi connectivity index (χ2n) is 8.42. The summed E-state index contributed by atoms with van der Waals surface area (Å²) >= 11 is 0. The van der Waals surface area contributed by atoms with Crippen molar-refractivity contribution >= 4 is 28.0 Å². The number of amides is 2. The topological polar surface area (TPSA) is 186 Å². The largest absolute Gasteiger partial charge is 0.494 e. The Kier molecular flexibility index (Phi) is 12.0. The molecule has 0 saturated carbocycles. The van der Waals surface area contributed by atoms with Crippen LogP contribution in [0.25, 0.3) is 0 Å². The van der Waals surface area contributed by atoms with E-state index in [9.17, 15) is 22.8 Å². The van der Waals surface area contributed by atoms with Gasteiger partial charge in [0.25, 0.3) is 0 Å². The predicted octanol–water partition coefficient (Wildman–Crippen LogP) is 1.20. The lowest BCUT2D eigenvalue weighted by Crippen LogP contribution is -2.45. The first-order valence-electron chi connectivity index (χ1n) is 11.9. The Morgan fingerprint density at radius 2 is 1.66 bits per heavy atom. The van der Waals surface area contributed by atoms with Crippen LogP contribution in [0, 0.1) is 13.8 Å². The molecule has 208 valence electrons. The minimum Gasteiger partial charge on any atom is -0.494 e. The van der Waals surface area contributed by atoms with Crippen LogP contribution in [0.4, 0.5) is 4.79 Å². The van der Waals surface area contributed by atoms with E-state index in [4.69, 9.17) is 20.3 Å². The first kappa shape index (κ1) is 30.5. The van der Waals surface area contributed by atoms with Crippen LogP contribution in [0.5, 0.6) is 5.75 Å². The summed E-state index contributed by atoms with van der Waals surface area (Å²) in [5, 5.41) is 14.3. The van der Waals surface area contributed by atoms with Gasteiger partial charge < -0.3 is 30.9 Å². The summed E-state index contributed by atoms with van der Waals surface area (Å²) in [6.07, 6.45) is 0.0370. The van der Waals surface area contributed by atoms with Crippen LogP contribution in [0.1, 0.15) is 29.5 Å². The number of ether oxygens (including phenoxy) is 2. The molecule has 0 aliphatic heterocycles. The maximum absolute atomic E-state index is 12.7. The molecule has 0 heterocycles. The molecule has 0 spiro atoms. The number of carbonyl (C=O) groups excluding carboxylic acids is 2. The summed E-state index contributed by atoms with van der Waals surface area (Å²) in [6.45, 7) is 3.60. The lowest BCUT2D eigenvalue weighted by Gasteiger charge is -2.17. The van der Waals surface area contributed by atoms with Crippen molar-refractivity contribution < 1.29 is 37.4 Å². The number of nitrogens with one attached hydrogen (secondary N) is 3. The second-order valence-corrected chi connectivity index (χ2v) is 10.1. The number of nitrogens with two attached hydrogens (primary N) is 1. The monoisotopic (exact) mass is 550 g/mol. The van der Waals surface area contributed by atoms with Crippen molar-refractivity contribution in [2.75, 3.05) is 26.2 Å². The third kappa shape index (κ3) is 10.00. The van der Waals surface area contributed by atoms with Crippen molar-refractivity contribution in [3.63, 3.8) is 0 Å². The van der Waals surface area contributed by atoms with E-state index in [1.54, 1.807) is 13.8 Å². The maximum atomic E-state index is 12.7. The molecule has 0 radical (unpaired) electrons. The van der Waals surface area contributed by atoms with Crippen molar-refractivity contribution in [2.45, 2.75) is 44.2 Å². The molecule has 0 saturated heterocycles. The summed E-state index contributed by atoms with van der Waals surface area (Å²) in [4.78, 5) is 34.8. The fourth-order valence-corrected chi connectivity index (χ4v) is 5.17. The van der Waals surface area contributed by atoms with Gasteiger partial charge in [-0.05, 0) is 49.1 Å². The Labute approximate surface area is 221 Å². The predicted molar refractivity (Wildman–Crippen MR) is 139 cm³/mol. The average Bonchev–Trinajstić information content (AvgIpc) is 2.86. The molecule has 0 aliphatic rings. The average molecular weight is 551 g/mol. The van der Waals surface area contributed by atoms with E-state index in [-0.39, 0.29) is 50.1 Å². The molecule has 13 heteroatoms. The van der Waals surface area contributed by atoms with Gasteiger partial charge in [-0.25, -0.2) is 13.2 Å². The summed E-state index contributed by atoms with van der Waals surface area (Å²) in [7, 11) is -4.12. The Hall–Kier alpha value is -3.68. The molecule has 2 aromatic carbocycles. The van der Waals surface area contributed by atoms with Gasteiger partial charge in [0.05, 0.1) is 11.5 Å². The van der Waals surface area contributed by atoms with Gasteiger partial charge in [0.1, 0.15) is 18.4 Å². The zero-order chi connectivity index (χ0) is 28.1. The highest BCUT2D eigenvalue weighted by atomic mass is 32.2. The minimum atomic E-state index is -4.12. The number of hydrogen-bond donors (Lipinski definition) is 5. The number of carboxylic acid groups (broad SMARTS) is 1. The maximum Gasteiger partial charge on any atom is 0.407 e. The molecule has 2 amide bonds. The fraction of sp³-hybridized carbons (Fsp3) is 0.400. The molecular weight excluding hydrogens is 516 g/mol. The SMILES string of the molecule is Cc1cc(OCCCC(=O)NCCNC(=O)OCc2ccccc2)cc(C)c1S(=O)(=O)NC(CN)C(=O)O. The molecule has 38 heavy (non-hydrogen) atoms. The van der Waals surface area contributed by atoms with Crippen molar-refractivity contribution in [3.05, 3.63) is 59.2 Å². The van der Waals surface area contributed by atoms with Gasteiger partial charge in [-0.2, -0.15) is 4.72 Å². The van der Waals surface area contributed by atoms with Crippen LogP contribution in [0.3, 0.4) is 0 Å². The highest BCUT2D eigenvalue weighted by Crippen LogP contribution is 2.26. The molecule has 0 bridgehead atoms. The Balaban J connectivity index is 1.70. The standard InChI is InChI=1S/C25H34N4O8S/c1-17-13-20(14-18(2)23(17)38(34,35)29-21(15-26)24(31)32)36-12-6-9-22(30)27-10-11-28-25(33)37-16-19-7-4-3-5-8-19/h3-5,7-8,13-14,21,29H,6,9-12,15-16,26H2,1-2H3,(H,27,30)(H,28,33)(H,31,32). The first-order valence-corrected chi connectivity index (χ1v) is 13.4. The van der Waals surface area contributed by atoms with Gasteiger partial charge in [0, 0.05) is 26.1 Å². The van der Waals surface area contributed by atoms with Crippen LogP contribution in [0.15, 0.2) is 47.4 Å². The second kappa shape index (κ2) is 14.9. The van der Waals surface area contributed by atoms with Crippen LogP contribution >= 0.6 is 0 Å². The third-order valence-corrected chi connectivity index (χ3v) is 7.06.